The molecule has 1 aromatic heterocycles. The van der Waals surface area contributed by atoms with Crippen LogP contribution in [0.4, 0.5) is 0 Å². The molecule has 9 heteroatoms. The highest BCUT2D eigenvalue weighted by molar-refractivity contribution is 7.89. The Balaban J connectivity index is 1.57. The molecule has 0 aliphatic heterocycles. The van der Waals surface area contributed by atoms with Crippen molar-refractivity contribution in [3.63, 3.8) is 0 Å². The molecule has 8 nitrogen and oxygen atoms in total. The zero-order chi connectivity index (χ0) is 18.6. The van der Waals surface area contributed by atoms with Crippen LogP contribution in [-0.4, -0.2) is 31.2 Å². The van der Waals surface area contributed by atoms with Crippen LogP contribution in [-0.2, 0) is 14.8 Å². The molecule has 0 unspecified atom stereocenters. The summed E-state index contributed by atoms with van der Waals surface area (Å²) in [5.41, 5.74) is 1.48. The maximum absolute atomic E-state index is 12.4. The highest BCUT2D eigenvalue weighted by Crippen LogP contribution is 2.19. The summed E-state index contributed by atoms with van der Waals surface area (Å²) in [6.45, 7) is 1.84. The first-order chi connectivity index (χ1) is 12.5. The third kappa shape index (κ3) is 4.06. The Kier molecular flexibility index (Phi) is 5.29. The number of carbonyl (C=O) groups is 1. The third-order valence-electron chi connectivity index (χ3n) is 3.86. The van der Waals surface area contributed by atoms with Gasteiger partial charge in [0, 0.05) is 13.0 Å². The van der Waals surface area contributed by atoms with E-state index in [1.54, 1.807) is 12.1 Å². The number of nitrogens with zero attached hydrogens (tertiary/aromatic N) is 2. The molecule has 0 radical (unpaired) electrons. The van der Waals surface area contributed by atoms with Crippen molar-refractivity contribution in [2.24, 2.45) is 0 Å². The van der Waals surface area contributed by atoms with E-state index in [0.29, 0.717) is 5.52 Å². The van der Waals surface area contributed by atoms with Gasteiger partial charge in [-0.3, -0.25) is 4.79 Å². The van der Waals surface area contributed by atoms with Crippen LogP contribution in [0.25, 0.3) is 11.0 Å². The van der Waals surface area contributed by atoms with Crippen LogP contribution in [0.15, 0.2) is 58.1 Å². The lowest BCUT2D eigenvalue weighted by molar-refractivity contribution is -0.121. The van der Waals surface area contributed by atoms with Gasteiger partial charge in [-0.05, 0) is 34.9 Å². The summed E-state index contributed by atoms with van der Waals surface area (Å²) in [6.07, 6.45) is 0.0173. The van der Waals surface area contributed by atoms with Crippen molar-refractivity contribution >= 4 is 27.0 Å². The largest absolute Gasteiger partial charge is 0.350 e. The predicted octanol–water partition coefficient (Wildman–Crippen LogP) is 1.77. The molecule has 0 saturated heterocycles. The summed E-state index contributed by atoms with van der Waals surface area (Å²) in [6, 6.07) is 13.9. The topological polar surface area (TPSA) is 114 Å². The molecule has 2 aromatic carbocycles. The van der Waals surface area contributed by atoms with E-state index < -0.39 is 10.0 Å². The van der Waals surface area contributed by atoms with Crippen LogP contribution in [0, 0.1) is 0 Å². The average Bonchev–Trinajstić information content (AvgIpc) is 3.10. The number of sulfonamides is 1. The molecule has 3 rings (SSSR count). The number of aromatic nitrogens is 2. The second-order valence-electron chi connectivity index (χ2n) is 5.74. The second kappa shape index (κ2) is 7.63. The summed E-state index contributed by atoms with van der Waals surface area (Å²) >= 11 is 0. The van der Waals surface area contributed by atoms with Crippen molar-refractivity contribution in [1.82, 2.24) is 20.4 Å². The monoisotopic (exact) mass is 374 g/mol. The zero-order valence-corrected chi connectivity index (χ0v) is 14.9. The molecule has 1 atom stereocenters. The van der Waals surface area contributed by atoms with Gasteiger partial charge in [0.2, 0.25) is 15.9 Å². The molecule has 1 amide bonds. The van der Waals surface area contributed by atoms with Crippen molar-refractivity contribution in [3.8, 4) is 0 Å². The predicted molar refractivity (Wildman–Crippen MR) is 94.6 cm³/mol. The molecular weight excluding hydrogens is 356 g/mol. The molecule has 3 aromatic rings. The van der Waals surface area contributed by atoms with Crippen LogP contribution < -0.4 is 10.0 Å². The minimum Gasteiger partial charge on any atom is -0.350 e. The van der Waals surface area contributed by atoms with Crippen molar-refractivity contribution in [3.05, 3.63) is 54.1 Å². The first kappa shape index (κ1) is 18.0. The van der Waals surface area contributed by atoms with E-state index in [2.05, 4.69) is 25.0 Å². The van der Waals surface area contributed by atoms with Gasteiger partial charge in [-0.1, -0.05) is 36.4 Å². The van der Waals surface area contributed by atoms with E-state index in [1.807, 2.05) is 37.3 Å². The Labute approximate surface area is 150 Å². The van der Waals surface area contributed by atoms with Gasteiger partial charge in [-0.25, -0.2) is 17.8 Å². The van der Waals surface area contributed by atoms with E-state index in [-0.39, 0.29) is 35.3 Å². The highest BCUT2D eigenvalue weighted by Gasteiger charge is 2.20. The van der Waals surface area contributed by atoms with Gasteiger partial charge in [-0.15, -0.1) is 0 Å². The number of rotatable bonds is 7. The third-order valence-corrected chi connectivity index (χ3v) is 5.35. The molecule has 136 valence electrons. The van der Waals surface area contributed by atoms with Crippen LogP contribution in [0.1, 0.15) is 24.9 Å². The fourth-order valence-corrected chi connectivity index (χ4v) is 3.69. The van der Waals surface area contributed by atoms with Crippen LogP contribution in [0.2, 0.25) is 0 Å². The standard InChI is InChI=1S/C17H18N4O4S/c1-12(13-6-3-2-4-7-13)19-16(22)10-11-18-26(23,24)15-9-5-8-14-17(15)21-25-20-14/h2-9,12,18H,10-11H2,1H3,(H,19,22)/t12-/m0/s1. The fraction of sp³-hybridized carbons (Fsp3) is 0.235. The van der Waals surface area contributed by atoms with E-state index in [4.69, 9.17) is 0 Å². The lowest BCUT2D eigenvalue weighted by Crippen LogP contribution is -2.32. The van der Waals surface area contributed by atoms with Gasteiger partial charge in [-0.2, -0.15) is 0 Å². The molecular formula is C17H18N4O4S. The molecule has 0 aliphatic carbocycles. The maximum atomic E-state index is 12.4. The molecule has 26 heavy (non-hydrogen) atoms. The number of hydrogen-bond acceptors (Lipinski definition) is 6. The first-order valence-electron chi connectivity index (χ1n) is 8.02. The van der Waals surface area contributed by atoms with Gasteiger partial charge < -0.3 is 5.32 Å². The summed E-state index contributed by atoms with van der Waals surface area (Å²) in [5, 5.41) is 10.1. The Morgan fingerprint density at radius 3 is 2.65 bits per heavy atom. The Bertz CT molecular complexity index is 1000. The molecule has 0 bridgehead atoms. The lowest BCUT2D eigenvalue weighted by atomic mass is 10.1. The van der Waals surface area contributed by atoms with E-state index in [1.165, 1.54) is 6.07 Å². The summed E-state index contributed by atoms with van der Waals surface area (Å²) < 4.78 is 31.8. The Morgan fingerprint density at radius 2 is 1.88 bits per heavy atom. The lowest BCUT2D eigenvalue weighted by Gasteiger charge is -2.14. The summed E-state index contributed by atoms with van der Waals surface area (Å²) in [7, 11) is -3.83. The minimum absolute atomic E-state index is 0.0173. The maximum Gasteiger partial charge on any atom is 0.242 e. The average molecular weight is 374 g/mol. The van der Waals surface area contributed by atoms with Gasteiger partial charge in [0.05, 0.1) is 6.04 Å². The number of amides is 1. The van der Waals surface area contributed by atoms with Crippen molar-refractivity contribution in [2.75, 3.05) is 6.54 Å². The molecule has 0 aliphatic rings. The van der Waals surface area contributed by atoms with Gasteiger partial charge in [0.15, 0.2) is 5.52 Å². The van der Waals surface area contributed by atoms with Crippen LogP contribution in [0.5, 0.6) is 0 Å². The number of nitrogens with one attached hydrogen (secondary N) is 2. The summed E-state index contributed by atoms with van der Waals surface area (Å²) in [5.74, 6) is -0.245. The van der Waals surface area contributed by atoms with Crippen molar-refractivity contribution in [1.29, 1.82) is 0 Å². The number of benzene rings is 2. The molecule has 2 N–H and O–H groups in total. The molecule has 1 heterocycles. The highest BCUT2D eigenvalue weighted by atomic mass is 32.2. The fourth-order valence-electron chi connectivity index (χ4n) is 2.51. The van der Waals surface area contributed by atoms with Crippen LogP contribution >= 0.6 is 0 Å². The van der Waals surface area contributed by atoms with Gasteiger partial charge in [0.1, 0.15) is 10.4 Å². The quantitative estimate of drug-likeness (QED) is 0.651. The van der Waals surface area contributed by atoms with Crippen molar-refractivity contribution in [2.45, 2.75) is 24.3 Å². The normalized spacial score (nSPS) is 12.8. The Hall–Kier alpha value is -2.78. The molecule has 0 fully saturated rings. The van der Waals surface area contributed by atoms with E-state index in [9.17, 15) is 13.2 Å². The van der Waals surface area contributed by atoms with E-state index in [0.717, 1.165) is 5.56 Å². The van der Waals surface area contributed by atoms with Crippen molar-refractivity contribution < 1.29 is 17.8 Å². The number of hydrogen-bond donors (Lipinski definition) is 2. The SMILES string of the molecule is C[C@H](NC(=O)CCNS(=O)(=O)c1cccc2nonc12)c1ccccc1. The van der Waals surface area contributed by atoms with E-state index >= 15 is 0 Å². The molecule has 0 saturated carbocycles. The first-order valence-corrected chi connectivity index (χ1v) is 9.51. The molecule has 0 spiro atoms. The Morgan fingerprint density at radius 1 is 1.12 bits per heavy atom. The van der Waals surface area contributed by atoms with Crippen LogP contribution in [0.3, 0.4) is 0 Å². The summed E-state index contributed by atoms with van der Waals surface area (Å²) in [4.78, 5) is 12.0. The van der Waals surface area contributed by atoms with Gasteiger partial charge >= 0.3 is 0 Å². The number of fused-ring (bicyclic) bond motifs is 1. The zero-order valence-electron chi connectivity index (χ0n) is 14.0. The number of carbonyl (C=O) groups excluding carboxylic acids is 1. The van der Waals surface area contributed by atoms with Gasteiger partial charge in [0.25, 0.3) is 0 Å². The minimum atomic E-state index is -3.83. The smallest absolute Gasteiger partial charge is 0.242 e. The second-order valence-corrected chi connectivity index (χ2v) is 7.47.